The highest BCUT2D eigenvalue weighted by molar-refractivity contribution is 5.98. The van der Waals surface area contributed by atoms with Crippen LogP contribution in [0.2, 0.25) is 0 Å². The topological polar surface area (TPSA) is 64.4 Å². The van der Waals surface area contributed by atoms with Crippen LogP contribution in [0.5, 0.6) is 5.75 Å². The lowest BCUT2D eigenvalue weighted by atomic mass is 10.1. The molecule has 3 N–H and O–H groups in total. The predicted molar refractivity (Wildman–Crippen MR) is 73.8 cm³/mol. The molecule has 1 amide bonds. The van der Waals surface area contributed by atoms with Crippen molar-refractivity contribution in [1.82, 2.24) is 5.32 Å². The molecular formula is C14H22N2O2. The Kier molecular flexibility index (Phi) is 5.01. The summed E-state index contributed by atoms with van der Waals surface area (Å²) in [5, 5.41) is 2.91. The molecule has 0 aromatic heterocycles. The van der Waals surface area contributed by atoms with E-state index in [-0.39, 0.29) is 18.1 Å². The lowest BCUT2D eigenvalue weighted by molar-refractivity contribution is 0.0933. The normalized spacial score (nSPS) is 12.3. The third kappa shape index (κ3) is 3.95. The second kappa shape index (κ2) is 6.28. The maximum atomic E-state index is 12.1. The molecular weight excluding hydrogens is 228 g/mol. The van der Waals surface area contributed by atoms with Crippen LogP contribution in [0.15, 0.2) is 18.2 Å². The Morgan fingerprint density at radius 1 is 1.39 bits per heavy atom. The second-order valence-corrected chi connectivity index (χ2v) is 4.70. The highest BCUT2D eigenvalue weighted by Gasteiger charge is 2.15. The molecule has 1 aromatic carbocycles. The van der Waals surface area contributed by atoms with Crippen LogP contribution in [0.3, 0.4) is 0 Å². The molecule has 1 rings (SSSR count). The van der Waals surface area contributed by atoms with Gasteiger partial charge in [-0.05, 0) is 45.4 Å². The van der Waals surface area contributed by atoms with Crippen LogP contribution in [-0.4, -0.2) is 18.1 Å². The van der Waals surface area contributed by atoms with Crippen molar-refractivity contribution in [1.29, 1.82) is 0 Å². The zero-order chi connectivity index (χ0) is 13.7. The monoisotopic (exact) mass is 250 g/mol. The van der Waals surface area contributed by atoms with E-state index in [0.29, 0.717) is 17.0 Å². The number of amides is 1. The zero-order valence-corrected chi connectivity index (χ0v) is 11.5. The van der Waals surface area contributed by atoms with Gasteiger partial charge in [-0.15, -0.1) is 0 Å². The van der Waals surface area contributed by atoms with Gasteiger partial charge in [0.1, 0.15) is 5.75 Å². The standard InChI is InChI=1S/C14H22N2O2/c1-5-10(4)16-14(17)12-8-11(15)6-7-13(12)18-9(2)3/h6-10H,5,15H2,1-4H3,(H,16,17). The first-order valence-corrected chi connectivity index (χ1v) is 6.31. The maximum absolute atomic E-state index is 12.1. The molecule has 0 saturated carbocycles. The largest absolute Gasteiger partial charge is 0.490 e. The molecule has 0 bridgehead atoms. The number of carbonyl (C=O) groups is 1. The summed E-state index contributed by atoms with van der Waals surface area (Å²) in [4.78, 5) is 12.1. The number of anilines is 1. The predicted octanol–water partition coefficient (Wildman–Crippen LogP) is 2.58. The van der Waals surface area contributed by atoms with Gasteiger partial charge in [0.05, 0.1) is 11.7 Å². The molecule has 1 atom stereocenters. The van der Waals surface area contributed by atoms with Crippen LogP contribution in [0.1, 0.15) is 44.5 Å². The molecule has 0 aliphatic carbocycles. The van der Waals surface area contributed by atoms with Crippen molar-refractivity contribution < 1.29 is 9.53 Å². The van der Waals surface area contributed by atoms with Gasteiger partial charge >= 0.3 is 0 Å². The van der Waals surface area contributed by atoms with Crippen molar-refractivity contribution in [3.63, 3.8) is 0 Å². The fourth-order valence-electron chi connectivity index (χ4n) is 1.49. The lowest BCUT2D eigenvalue weighted by Gasteiger charge is -2.16. The van der Waals surface area contributed by atoms with Gasteiger partial charge in [-0.1, -0.05) is 6.92 Å². The number of rotatable bonds is 5. The average Bonchev–Trinajstić information content (AvgIpc) is 2.30. The number of nitrogens with one attached hydrogen (secondary N) is 1. The van der Waals surface area contributed by atoms with Crippen molar-refractivity contribution in [3.05, 3.63) is 23.8 Å². The van der Waals surface area contributed by atoms with Gasteiger partial charge in [0.2, 0.25) is 0 Å². The third-order valence-corrected chi connectivity index (χ3v) is 2.60. The van der Waals surface area contributed by atoms with E-state index < -0.39 is 0 Å². The zero-order valence-electron chi connectivity index (χ0n) is 11.5. The fraction of sp³-hybridized carbons (Fsp3) is 0.500. The van der Waals surface area contributed by atoms with E-state index in [4.69, 9.17) is 10.5 Å². The van der Waals surface area contributed by atoms with Crippen LogP contribution < -0.4 is 15.8 Å². The van der Waals surface area contributed by atoms with Crippen LogP contribution in [0.25, 0.3) is 0 Å². The Bertz CT molecular complexity index is 416. The molecule has 100 valence electrons. The summed E-state index contributed by atoms with van der Waals surface area (Å²) in [7, 11) is 0. The smallest absolute Gasteiger partial charge is 0.255 e. The van der Waals surface area contributed by atoms with Crippen LogP contribution in [0.4, 0.5) is 5.69 Å². The number of ether oxygens (including phenoxy) is 1. The van der Waals surface area contributed by atoms with Gasteiger partial charge in [-0.2, -0.15) is 0 Å². The number of hydrogen-bond acceptors (Lipinski definition) is 3. The van der Waals surface area contributed by atoms with Gasteiger partial charge in [-0.25, -0.2) is 0 Å². The highest BCUT2D eigenvalue weighted by atomic mass is 16.5. The Morgan fingerprint density at radius 2 is 2.06 bits per heavy atom. The summed E-state index contributed by atoms with van der Waals surface area (Å²) >= 11 is 0. The summed E-state index contributed by atoms with van der Waals surface area (Å²) in [6.45, 7) is 7.84. The number of nitrogens with two attached hydrogens (primary N) is 1. The number of benzene rings is 1. The van der Waals surface area contributed by atoms with E-state index in [2.05, 4.69) is 5.32 Å². The number of nitrogen functional groups attached to an aromatic ring is 1. The van der Waals surface area contributed by atoms with Crippen LogP contribution in [0, 0.1) is 0 Å². The van der Waals surface area contributed by atoms with Crippen molar-refractivity contribution >= 4 is 11.6 Å². The van der Waals surface area contributed by atoms with Crippen molar-refractivity contribution in [3.8, 4) is 5.75 Å². The van der Waals surface area contributed by atoms with E-state index in [9.17, 15) is 4.79 Å². The molecule has 1 unspecified atom stereocenters. The molecule has 4 nitrogen and oxygen atoms in total. The molecule has 0 fully saturated rings. The van der Waals surface area contributed by atoms with Gasteiger partial charge in [0.15, 0.2) is 0 Å². The minimum Gasteiger partial charge on any atom is -0.490 e. The van der Waals surface area contributed by atoms with E-state index in [0.717, 1.165) is 6.42 Å². The lowest BCUT2D eigenvalue weighted by Crippen LogP contribution is -2.32. The minimum atomic E-state index is -0.146. The first-order chi connectivity index (χ1) is 8.43. The van der Waals surface area contributed by atoms with Gasteiger partial charge in [0, 0.05) is 11.7 Å². The molecule has 1 aromatic rings. The first-order valence-electron chi connectivity index (χ1n) is 6.31. The van der Waals surface area contributed by atoms with E-state index >= 15 is 0 Å². The Balaban J connectivity index is 2.97. The van der Waals surface area contributed by atoms with Gasteiger partial charge < -0.3 is 15.8 Å². The van der Waals surface area contributed by atoms with Crippen molar-refractivity contribution in [2.24, 2.45) is 0 Å². The van der Waals surface area contributed by atoms with Crippen LogP contribution in [-0.2, 0) is 0 Å². The Morgan fingerprint density at radius 3 is 2.61 bits per heavy atom. The quantitative estimate of drug-likeness (QED) is 0.789. The molecule has 4 heteroatoms. The molecule has 0 radical (unpaired) electrons. The molecule has 18 heavy (non-hydrogen) atoms. The summed E-state index contributed by atoms with van der Waals surface area (Å²) < 4.78 is 5.62. The number of carbonyl (C=O) groups excluding carboxylic acids is 1. The highest BCUT2D eigenvalue weighted by Crippen LogP contribution is 2.22. The fourth-order valence-corrected chi connectivity index (χ4v) is 1.49. The summed E-state index contributed by atoms with van der Waals surface area (Å²) in [5.41, 5.74) is 6.77. The minimum absolute atomic E-state index is 0.0174. The maximum Gasteiger partial charge on any atom is 0.255 e. The third-order valence-electron chi connectivity index (χ3n) is 2.60. The number of hydrogen-bond donors (Lipinski definition) is 2. The van der Waals surface area contributed by atoms with E-state index in [1.165, 1.54) is 0 Å². The van der Waals surface area contributed by atoms with Crippen LogP contribution >= 0.6 is 0 Å². The summed E-state index contributed by atoms with van der Waals surface area (Å²) in [5.74, 6) is 0.423. The van der Waals surface area contributed by atoms with E-state index in [1.807, 2.05) is 27.7 Å². The molecule has 0 heterocycles. The molecule has 0 aliphatic rings. The Labute approximate surface area is 109 Å². The second-order valence-electron chi connectivity index (χ2n) is 4.70. The van der Waals surface area contributed by atoms with Crippen molar-refractivity contribution in [2.75, 3.05) is 5.73 Å². The molecule has 0 spiro atoms. The summed E-state index contributed by atoms with van der Waals surface area (Å²) in [6.07, 6.45) is 0.901. The average molecular weight is 250 g/mol. The Hall–Kier alpha value is -1.71. The van der Waals surface area contributed by atoms with Crippen molar-refractivity contribution in [2.45, 2.75) is 46.3 Å². The summed E-state index contributed by atoms with van der Waals surface area (Å²) in [6, 6.07) is 5.25. The van der Waals surface area contributed by atoms with Gasteiger partial charge in [-0.3, -0.25) is 4.79 Å². The SMILES string of the molecule is CCC(C)NC(=O)c1cc(N)ccc1OC(C)C. The first kappa shape index (κ1) is 14.4. The molecule has 0 saturated heterocycles. The van der Waals surface area contributed by atoms with E-state index in [1.54, 1.807) is 18.2 Å². The molecule has 0 aliphatic heterocycles. The van der Waals surface area contributed by atoms with Gasteiger partial charge in [0.25, 0.3) is 5.91 Å².